The quantitative estimate of drug-likeness (QED) is 0.530. The molecule has 0 fully saturated rings. The van der Waals surface area contributed by atoms with Crippen LogP contribution in [-0.4, -0.2) is 11.9 Å². The molecule has 0 aliphatic carbocycles. The first-order valence-corrected chi connectivity index (χ1v) is 3.09. The summed E-state index contributed by atoms with van der Waals surface area (Å²) in [6.45, 7) is 4.32. The lowest BCUT2D eigenvalue weighted by Crippen LogP contribution is -2.18. The van der Waals surface area contributed by atoms with Gasteiger partial charge in [0.1, 0.15) is 5.71 Å². The van der Waals surface area contributed by atoms with Gasteiger partial charge < -0.3 is 0 Å². The van der Waals surface area contributed by atoms with Crippen molar-refractivity contribution < 1.29 is 13.2 Å². The zero-order chi connectivity index (χ0) is 9.07. The fourth-order valence-electron chi connectivity index (χ4n) is 0.299. The summed E-state index contributed by atoms with van der Waals surface area (Å²) in [7, 11) is 0. The maximum atomic E-state index is 11.7. The number of hydrogen-bond donors (Lipinski definition) is 0. The van der Waals surface area contributed by atoms with Gasteiger partial charge in [-0.2, -0.15) is 13.2 Å². The lowest BCUT2D eigenvalue weighted by molar-refractivity contribution is -0.0591. The van der Waals surface area contributed by atoms with Crippen LogP contribution in [0.4, 0.5) is 13.2 Å². The number of aliphatic imine (C=N–C) groups is 1. The van der Waals surface area contributed by atoms with Crippen molar-refractivity contribution in [2.75, 3.05) is 0 Å². The molecule has 0 unspecified atom stereocenters. The van der Waals surface area contributed by atoms with Crippen LogP contribution < -0.4 is 0 Å². The van der Waals surface area contributed by atoms with Gasteiger partial charge >= 0.3 is 6.18 Å². The molecule has 0 N–H and O–H groups in total. The Kier molecular flexibility index (Phi) is 3.29. The van der Waals surface area contributed by atoms with E-state index in [4.69, 9.17) is 0 Å². The zero-order valence-corrected chi connectivity index (χ0v) is 6.66. The van der Waals surface area contributed by atoms with Gasteiger partial charge in [0.15, 0.2) is 0 Å². The van der Waals surface area contributed by atoms with Crippen LogP contribution in [0.25, 0.3) is 0 Å². The lowest BCUT2D eigenvalue weighted by Gasteiger charge is -2.02. The molecule has 0 saturated heterocycles. The summed E-state index contributed by atoms with van der Waals surface area (Å²) in [6, 6.07) is 0. The molecule has 0 rings (SSSR count). The van der Waals surface area contributed by atoms with E-state index in [1.54, 1.807) is 13.8 Å². The van der Waals surface area contributed by atoms with Crippen LogP contribution in [0.3, 0.4) is 0 Å². The summed E-state index contributed by atoms with van der Waals surface area (Å²) < 4.78 is 35.2. The van der Waals surface area contributed by atoms with Gasteiger partial charge in [-0.05, 0) is 20.8 Å². The number of hydrogen-bond acceptors (Lipinski definition) is 1. The summed E-state index contributed by atoms with van der Waals surface area (Å²) in [5.74, 6) is 0. The molecule has 0 aromatic heterocycles. The van der Waals surface area contributed by atoms with Crippen LogP contribution in [0, 0.1) is 0 Å². The maximum absolute atomic E-state index is 11.7. The average Bonchev–Trinajstić information content (AvgIpc) is 1.80. The summed E-state index contributed by atoms with van der Waals surface area (Å²) in [4.78, 5) is 3.22. The Bertz CT molecular complexity index is 184. The Morgan fingerprint density at radius 3 is 1.91 bits per heavy atom. The Balaban J connectivity index is 4.36. The van der Waals surface area contributed by atoms with E-state index in [-0.39, 0.29) is 0 Å². The molecule has 0 aromatic carbocycles. The summed E-state index contributed by atoms with van der Waals surface area (Å²) in [6.07, 6.45) is -3.10. The monoisotopic (exact) mass is 165 g/mol. The van der Waals surface area contributed by atoms with Crippen LogP contribution in [0.1, 0.15) is 20.8 Å². The lowest BCUT2D eigenvalue weighted by atomic mass is 10.4. The molecule has 0 aliphatic rings. The standard InChI is InChI=1S/C7H10F3N/c1-5(2)4-11-6(3)7(8,9)10/h4H,1-3H3. The molecular formula is C7H10F3N. The second-order valence-corrected chi connectivity index (χ2v) is 2.42. The molecule has 64 valence electrons. The Hall–Kier alpha value is -0.800. The molecule has 0 aliphatic heterocycles. The molecule has 4 heteroatoms. The molecule has 0 heterocycles. The van der Waals surface area contributed by atoms with E-state index in [0.29, 0.717) is 0 Å². The SMILES string of the molecule is CC(C)=CN=C(C)C(F)(F)F. The van der Waals surface area contributed by atoms with Crippen LogP contribution in [0.15, 0.2) is 16.8 Å². The van der Waals surface area contributed by atoms with Gasteiger partial charge in [-0.25, -0.2) is 0 Å². The summed E-state index contributed by atoms with van der Waals surface area (Å²) in [5, 5.41) is 0. The van der Waals surface area contributed by atoms with Gasteiger partial charge in [0.05, 0.1) is 0 Å². The highest BCUT2D eigenvalue weighted by Gasteiger charge is 2.31. The molecule has 0 amide bonds. The molecule has 0 bridgehead atoms. The van der Waals surface area contributed by atoms with E-state index >= 15 is 0 Å². The molecule has 0 radical (unpaired) electrons. The normalized spacial score (nSPS) is 13.1. The molecule has 1 nitrogen and oxygen atoms in total. The Morgan fingerprint density at radius 2 is 1.64 bits per heavy atom. The molecule has 0 atom stereocenters. The van der Waals surface area contributed by atoms with E-state index in [0.717, 1.165) is 12.5 Å². The van der Waals surface area contributed by atoms with Crippen LogP contribution in [0.2, 0.25) is 0 Å². The van der Waals surface area contributed by atoms with Gasteiger partial charge in [-0.15, -0.1) is 0 Å². The molecule has 0 aromatic rings. The van der Waals surface area contributed by atoms with Crippen molar-refractivity contribution in [2.24, 2.45) is 4.99 Å². The number of alkyl halides is 3. The van der Waals surface area contributed by atoms with Crippen LogP contribution >= 0.6 is 0 Å². The first-order valence-electron chi connectivity index (χ1n) is 3.09. The smallest absolute Gasteiger partial charge is 0.257 e. The van der Waals surface area contributed by atoms with Gasteiger partial charge in [0, 0.05) is 6.20 Å². The first-order chi connectivity index (χ1) is 4.84. The fourth-order valence-corrected chi connectivity index (χ4v) is 0.299. The number of halogens is 3. The third kappa shape index (κ3) is 4.58. The van der Waals surface area contributed by atoms with Crippen LogP contribution in [0.5, 0.6) is 0 Å². The van der Waals surface area contributed by atoms with Gasteiger partial charge in [-0.1, -0.05) is 5.57 Å². The Morgan fingerprint density at radius 1 is 1.18 bits per heavy atom. The summed E-state index contributed by atoms with van der Waals surface area (Å²) in [5.41, 5.74) is -0.0766. The minimum absolute atomic E-state index is 0.744. The van der Waals surface area contributed by atoms with Crippen molar-refractivity contribution in [1.82, 2.24) is 0 Å². The molecule has 11 heavy (non-hydrogen) atoms. The fraction of sp³-hybridized carbons (Fsp3) is 0.571. The third-order valence-corrected chi connectivity index (χ3v) is 0.927. The molecular weight excluding hydrogens is 155 g/mol. The van der Waals surface area contributed by atoms with Crippen LogP contribution in [-0.2, 0) is 0 Å². The highest BCUT2D eigenvalue weighted by Crippen LogP contribution is 2.16. The maximum Gasteiger partial charge on any atom is 0.429 e. The van der Waals surface area contributed by atoms with E-state index < -0.39 is 11.9 Å². The average molecular weight is 165 g/mol. The second kappa shape index (κ2) is 3.55. The van der Waals surface area contributed by atoms with Crippen molar-refractivity contribution in [3.05, 3.63) is 11.8 Å². The largest absolute Gasteiger partial charge is 0.429 e. The topological polar surface area (TPSA) is 12.4 Å². The number of allylic oxidation sites excluding steroid dienone is 1. The third-order valence-electron chi connectivity index (χ3n) is 0.927. The molecule has 0 spiro atoms. The predicted molar refractivity (Wildman–Crippen MR) is 38.6 cm³/mol. The minimum atomic E-state index is -4.30. The van der Waals surface area contributed by atoms with E-state index in [2.05, 4.69) is 4.99 Å². The van der Waals surface area contributed by atoms with E-state index in [1.807, 2.05) is 0 Å². The first kappa shape index (κ1) is 10.2. The number of nitrogens with zero attached hydrogens (tertiary/aromatic N) is 1. The van der Waals surface area contributed by atoms with Crippen molar-refractivity contribution >= 4 is 5.71 Å². The van der Waals surface area contributed by atoms with Crippen molar-refractivity contribution in [1.29, 1.82) is 0 Å². The van der Waals surface area contributed by atoms with Gasteiger partial charge in [0.2, 0.25) is 0 Å². The summed E-state index contributed by atoms with van der Waals surface area (Å²) >= 11 is 0. The number of rotatable bonds is 1. The van der Waals surface area contributed by atoms with Crippen molar-refractivity contribution in [3.63, 3.8) is 0 Å². The highest BCUT2D eigenvalue weighted by atomic mass is 19.4. The Labute approximate surface area is 63.6 Å². The second-order valence-electron chi connectivity index (χ2n) is 2.42. The van der Waals surface area contributed by atoms with Gasteiger partial charge in [-0.3, -0.25) is 4.99 Å². The zero-order valence-electron chi connectivity index (χ0n) is 6.66. The van der Waals surface area contributed by atoms with Gasteiger partial charge in [0.25, 0.3) is 0 Å². The molecule has 0 saturated carbocycles. The van der Waals surface area contributed by atoms with E-state index in [9.17, 15) is 13.2 Å². The van der Waals surface area contributed by atoms with Crippen molar-refractivity contribution in [2.45, 2.75) is 26.9 Å². The highest BCUT2D eigenvalue weighted by molar-refractivity contribution is 5.87. The van der Waals surface area contributed by atoms with E-state index in [1.165, 1.54) is 6.20 Å². The minimum Gasteiger partial charge on any atom is -0.257 e. The predicted octanol–water partition coefficient (Wildman–Crippen LogP) is 2.93. The van der Waals surface area contributed by atoms with Crippen molar-refractivity contribution in [3.8, 4) is 0 Å².